The van der Waals surface area contributed by atoms with Gasteiger partial charge in [0.05, 0.1) is 5.60 Å². The first kappa shape index (κ1) is 20.0. The van der Waals surface area contributed by atoms with E-state index in [0.717, 1.165) is 57.8 Å². The first-order valence-electron chi connectivity index (χ1n) is 11.1. The van der Waals surface area contributed by atoms with Crippen LogP contribution in [0.2, 0.25) is 0 Å². The van der Waals surface area contributed by atoms with Gasteiger partial charge < -0.3 is 10.8 Å². The van der Waals surface area contributed by atoms with Gasteiger partial charge in [-0.2, -0.15) is 0 Å². The van der Waals surface area contributed by atoms with Gasteiger partial charge in [-0.15, -0.1) is 0 Å². The van der Waals surface area contributed by atoms with E-state index in [9.17, 15) is 14.1 Å². The normalized spacial score (nSPS) is 50.6. The highest BCUT2D eigenvalue weighted by Crippen LogP contribution is 2.66. The standard InChI is InChI=1S/C22H37NO3S/c1-20-9-8-18-16(17(20)4-5-19(20)24)7-11-22(25)14-15(6-10-21(18,22)2)27(26)13-3-12-23/h15-18,25H,3-14,23H2,1-2H3/t15-,16+,17+,18+,20+,21-,22-,27?/m1/s1. The topological polar surface area (TPSA) is 80.4 Å². The Morgan fingerprint density at radius 2 is 1.89 bits per heavy atom. The molecule has 5 heteroatoms. The monoisotopic (exact) mass is 395 g/mol. The highest BCUT2D eigenvalue weighted by molar-refractivity contribution is 7.85. The molecule has 0 heterocycles. The Morgan fingerprint density at radius 1 is 1.11 bits per heavy atom. The molecule has 3 N–H and O–H groups in total. The first-order chi connectivity index (χ1) is 12.7. The van der Waals surface area contributed by atoms with Gasteiger partial charge in [0.25, 0.3) is 0 Å². The number of Topliss-reactive ketones (excluding diaryl/α,β-unsaturated/α-hetero) is 1. The maximum atomic E-state index is 12.7. The van der Waals surface area contributed by atoms with Gasteiger partial charge in [-0.1, -0.05) is 13.8 Å². The summed E-state index contributed by atoms with van der Waals surface area (Å²) in [5, 5.41) is 11.9. The number of hydrogen-bond donors (Lipinski definition) is 2. The third kappa shape index (κ3) is 2.90. The zero-order valence-corrected chi connectivity index (χ0v) is 17.9. The lowest BCUT2D eigenvalue weighted by molar-refractivity contribution is -0.201. The molecule has 8 atom stereocenters. The van der Waals surface area contributed by atoms with Crippen molar-refractivity contribution in [1.29, 1.82) is 0 Å². The van der Waals surface area contributed by atoms with E-state index in [1.54, 1.807) is 0 Å². The second-order valence-corrected chi connectivity index (χ2v) is 12.2. The Bertz CT molecular complexity index is 639. The second kappa shape index (κ2) is 6.91. The second-order valence-electron chi connectivity index (χ2n) is 10.4. The molecule has 1 unspecified atom stereocenters. The van der Waals surface area contributed by atoms with Crippen LogP contribution in [0.1, 0.15) is 78.1 Å². The fourth-order valence-electron chi connectivity index (χ4n) is 7.60. The van der Waals surface area contributed by atoms with Crippen LogP contribution in [0, 0.1) is 28.6 Å². The molecule has 0 bridgehead atoms. The fourth-order valence-corrected chi connectivity index (χ4v) is 9.22. The molecule has 4 nitrogen and oxygen atoms in total. The van der Waals surface area contributed by atoms with Crippen molar-refractivity contribution < 1.29 is 14.1 Å². The average molecular weight is 396 g/mol. The molecule has 4 saturated carbocycles. The molecule has 27 heavy (non-hydrogen) atoms. The van der Waals surface area contributed by atoms with E-state index in [-0.39, 0.29) is 16.1 Å². The van der Waals surface area contributed by atoms with Crippen LogP contribution >= 0.6 is 0 Å². The van der Waals surface area contributed by atoms with Crippen molar-refractivity contribution in [2.24, 2.45) is 34.3 Å². The van der Waals surface area contributed by atoms with E-state index in [1.165, 1.54) is 0 Å². The summed E-state index contributed by atoms with van der Waals surface area (Å²) in [6, 6.07) is 0. The van der Waals surface area contributed by atoms with E-state index in [4.69, 9.17) is 5.73 Å². The zero-order chi connectivity index (χ0) is 19.4. The highest BCUT2D eigenvalue weighted by atomic mass is 32.2. The van der Waals surface area contributed by atoms with Crippen LogP contribution in [-0.2, 0) is 15.6 Å². The Labute approximate surface area is 166 Å². The molecule has 4 rings (SSSR count). The summed E-state index contributed by atoms with van der Waals surface area (Å²) >= 11 is 0. The maximum absolute atomic E-state index is 12.7. The van der Waals surface area contributed by atoms with Crippen molar-refractivity contribution in [2.45, 2.75) is 88.9 Å². The van der Waals surface area contributed by atoms with Gasteiger partial charge >= 0.3 is 0 Å². The first-order valence-corrected chi connectivity index (χ1v) is 12.5. The zero-order valence-electron chi connectivity index (χ0n) is 17.0. The van der Waals surface area contributed by atoms with Gasteiger partial charge in [0.15, 0.2) is 0 Å². The van der Waals surface area contributed by atoms with Gasteiger partial charge in [-0.05, 0) is 87.5 Å². The lowest BCUT2D eigenvalue weighted by atomic mass is 9.44. The minimum Gasteiger partial charge on any atom is -0.389 e. The fraction of sp³-hybridized carbons (Fsp3) is 0.955. The third-order valence-electron chi connectivity index (χ3n) is 9.39. The summed E-state index contributed by atoms with van der Waals surface area (Å²) in [6.07, 6.45) is 9.15. The molecule has 0 spiro atoms. The lowest BCUT2D eigenvalue weighted by Gasteiger charge is -2.63. The van der Waals surface area contributed by atoms with Crippen LogP contribution in [0.15, 0.2) is 0 Å². The Morgan fingerprint density at radius 3 is 2.63 bits per heavy atom. The summed E-state index contributed by atoms with van der Waals surface area (Å²) in [5.74, 6) is 2.76. The largest absolute Gasteiger partial charge is 0.389 e. The summed E-state index contributed by atoms with van der Waals surface area (Å²) in [6.45, 7) is 5.11. The molecule has 0 aromatic rings. The number of fused-ring (bicyclic) bond motifs is 5. The molecule has 0 aromatic heterocycles. The van der Waals surface area contributed by atoms with E-state index < -0.39 is 16.4 Å². The van der Waals surface area contributed by atoms with Crippen LogP contribution in [0.5, 0.6) is 0 Å². The molecule has 0 aromatic carbocycles. The van der Waals surface area contributed by atoms with Crippen LogP contribution in [-0.4, -0.2) is 38.2 Å². The van der Waals surface area contributed by atoms with E-state index >= 15 is 0 Å². The van der Waals surface area contributed by atoms with Gasteiger partial charge in [-0.3, -0.25) is 9.00 Å². The number of carbonyl (C=O) groups excluding carboxylic acids is 1. The number of nitrogens with two attached hydrogens (primary N) is 1. The molecular formula is C22H37NO3S. The minimum absolute atomic E-state index is 0.0859. The molecule has 4 aliphatic carbocycles. The van der Waals surface area contributed by atoms with Gasteiger partial charge in [-0.25, -0.2) is 0 Å². The number of aliphatic hydroxyl groups is 1. The smallest absolute Gasteiger partial charge is 0.139 e. The summed E-state index contributed by atoms with van der Waals surface area (Å²) < 4.78 is 12.7. The Hall–Kier alpha value is -0.260. The van der Waals surface area contributed by atoms with Crippen molar-refractivity contribution in [2.75, 3.05) is 12.3 Å². The van der Waals surface area contributed by atoms with Crippen molar-refractivity contribution in [3.05, 3.63) is 0 Å². The lowest BCUT2D eigenvalue weighted by Crippen LogP contribution is -2.63. The number of hydrogen-bond acceptors (Lipinski definition) is 4. The quantitative estimate of drug-likeness (QED) is 0.766. The average Bonchev–Trinajstić information content (AvgIpc) is 2.95. The molecule has 0 radical (unpaired) electrons. The van der Waals surface area contributed by atoms with Crippen LogP contribution in [0.3, 0.4) is 0 Å². The van der Waals surface area contributed by atoms with Crippen LogP contribution in [0.4, 0.5) is 0 Å². The van der Waals surface area contributed by atoms with Crippen molar-refractivity contribution >= 4 is 16.6 Å². The highest BCUT2D eigenvalue weighted by Gasteiger charge is 2.64. The van der Waals surface area contributed by atoms with E-state index in [0.29, 0.717) is 42.3 Å². The van der Waals surface area contributed by atoms with Crippen molar-refractivity contribution in [3.8, 4) is 0 Å². The Kier molecular flexibility index (Phi) is 5.13. The van der Waals surface area contributed by atoms with E-state index in [2.05, 4.69) is 13.8 Å². The molecule has 0 aliphatic heterocycles. The van der Waals surface area contributed by atoms with Crippen LogP contribution < -0.4 is 5.73 Å². The van der Waals surface area contributed by atoms with E-state index in [1.807, 2.05) is 0 Å². The van der Waals surface area contributed by atoms with Gasteiger partial charge in [0.2, 0.25) is 0 Å². The van der Waals surface area contributed by atoms with Crippen LogP contribution in [0.25, 0.3) is 0 Å². The van der Waals surface area contributed by atoms with Gasteiger partial charge in [0, 0.05) is 33.6 Å². The number of ketones is 1. The maximum Gasteiger partial charge on any atom is 0.139 e. The molecule has 0 amide bonds. The minimum atomic E-state index is -0.876. The number of rotatable bonds is 4. The summed E-state index contributed by atoms with van der Waals surface area (Å²) in [7, 11) is -0.876. The third-order valence-corrected chi connectivity index (χ3v) is 11.2. The summed E-state index contributed by atoms with van der Waals surface area (Å²) in [4.78, 5) is 12.5. The molecule has 4 aliphatic rings. The van der Waals surface area contributed by atoms with Gasteiger partial charge in [0.1, 0.15) is 5.78 Å². The molecule has 0 saturated heterocycles. The predicted molar refractivity (Wildman–Crippen MR) is 109 cm³/mol. The SMILES string of the molecule is C[C@]12CC[C@H]3[C@@H](CC[C@@]4(O)C[C@H](S(=O)CCCN)CC[C@]34C)[C@@H]1CCC2=O. The molecular weight excluding hydrogens is 358 g/mol. The van der Waals surface area contributed by atoms with Crippen molar-refractivity contribution in [1.82, 2.24) is 0 Å². The number of carbonyl (C=O) groups is 1. The molecule has 4 fully saturated rings. The predicted octanol–water partition coefficient (Wildman–Crippen LogP) is 3.18. The molecule has 154 valence electrons. The Balaban J connectivity index is 1.55. The summed E-state index contributed by atoms with van der Waals surface area (Å²) in [5.41, 5.74) is 4.71. The van der Waals surface area contributed by atoms with Crippen molar-refractivity contribution in [3.63, 3.8) is 0 Å².